The van der Waals surface area contributed by atoms with Crippen LogP contribution in [0.5, 0.6) is 0 Å². The Morgan fingerprint density at radius 1 is 1.04 bits per heavy atom. The SMILES string of the molecule is CC(C)(C)NN(C(=O)c1ccccn1)C(=O)c1ccccc1Br. The molecule has 2 aromatic rings. The number of nitrogens with one attached hydrogen (secondary N) is 1. The van der Waals surface area contributed by atoms with Gasteiger partial charge in [0, 0.05) is 16.2 Å². The predicted molar refractivity (Wildman–Crippen MR) is 91.8 cm³/mol. The highest BCUT2D eigenvalue weighted by molar-refractivity contribution is 9.10. The Balaban J connectivity index is 2.40. The van der Waals surface area contributed by atoms with Crippen LogP contribution in [0.3, 0.4) is 0 Å². The number of nitrogens with zero attached hydrogens (tertiary/aromatic N) is 2. The summed E-state index contributed by atoms with van der Waals surface area (Å²) < 4.78 is 0.625. The number of amides is 2. The van der Waals surface area contributed by atoms with Crippen LogP contribution in [0.15, 0.2) is 53.1 Å². The van der Waals surface area contributed by atoms with E-state index in [0.29, 0.717) is 10.0 Å². The Morgan fingerprint density at radius 3 is 2.26 bits per heavy atom. The van der Waals surface area contributed by atoms with Crippen LogP contribution >= 0.6 is 15.9 Å². The van der Waals surface area contributed by atoms with Gasteiger partial charge < -0.3 is 0 Å². The van der Waals surface area contributed by atoms with Crippen LogP contribution < -0.4 is 5.43 Å². The van der Waals surface area contributed by atoms with Gasteiger partial charge in [0.25, 0.3) is 11.8 Å². The largest absolute Gasteiger partial charge is 0.293 e. The molecule has 5 nitrogen and oxygen atoms in total. The van der Waals surface area contributed by atoms with Gasteiger partial charge in [0.1, 0.15) is 5.69 Å². The number of rotatable bonds is 3. The zero-order chi connectivity index (χ0) is 17.0. The van der Waals surface area contributed by atoms with Crippen molar-refractivity contribution in [3.8, 4) is 0 Å². The second kappa shape index (κ2) is 7.02. The number of hydrogen-bond acceptors (Lipinski definition) is 4. The molecule has 0 radical (unpaired) electrons. The minimum absolute atomic E-state index is 0.199. The molecule has 0 aliphatic rings. The molecule has 1 heterocycles. The molecular weight excluding hydrogens is 358 g/mol. The average Bonchev–Trinajstić information content (AvgIpc) is 2.52. The second-order valence-electron chi connectivity index (χ2n) is 6.00. The molecule has 0 atom stereocenters. The fraction of sp³-hybridized carbons (Fsp3) is 0.235. The van der Waals surface area contributed by atoms with E-state index < -0.39 is 17.4 Å². The molecule has 0 aliphatic carbocycles. The number of hydrazine groups is 1. The number of benzene rings is 1. The van der Waals surface area contributed by atoms with Crippen molar-refractivity contribution in [1.82, 2.24) is 15.4 Å². The summed E-state index contributed by atoms with van der Waals surface area (Å²) in [5.41, 5.74) is 3.08. The molecule has 0 saturated heterocycles. The highest BCUT2D eigenvalue weighted by Gasteiger charge is 2.29. The smallest absolute Gasteiger partial charge is 0.267 e. The van der Waals surface area contributed by atoms with Crippen molar-refractivity contribution in [1.29, 1.82) is 0 Å². The average molecular weight is 376 g/mol. The van der Waals surface area contributed by atoms with E-state index in [4.69, 9.17) is 0 Å². The van der Waals surface area contributed by atoms with Crippen molar-refractivity contribution in [2.75, 3.05) is 0 Å². The number of pyridine rings is 1. The van der Waals surface area contributed by atoms with Gasteiger partial charge in [-0.3, -0.25) is 14.6 Å². The van der Waals surface area contributed by atoms with Crippen molar-refractivity contribution >= 4 is 27.7 Å². The van der Waals surface area contributed by atoms with Gasteiger partial charge in [-0.2, -0.15) is 0 Å². The Hall–Kier alpha value is -2.05. The molecule has 0 aliphatic heterocycles. The minimum Gasteiger partial charge on any atom is -0.267 e. The number of imide groups is 1. The van der Waals surface area contributed by atoms with Gasteiger partial charge in [-0.05, 0) is 61.0 Å². The summed E-state index contributed by atoms with van der Waals surface area (Å²) in [6.07, 6.45) is 1.52. The van der Waals surface area contributed by atoms with Crippen molar-refractivity contribution in [2.24, 2.45) is 0 Å². The molecule has 1 aromatic carbocycles. The molecule has 0 fully saturated rings. The zero-order valence-electron chi connectivity index (χ0n) is 13.2. The van der Waals surface area contributed by atoms with Crippen LogP contribution in [-0.2, 0) is 0 Å². The van der Waals surface area contributed by atoms with Gasteiger partial charge in [0.15, 0.2) is 0 Å². The van der Waals surface area contributed by atoms with Crippen LogP contribution in [0.1, 0.15) is 41.6 Å². The lowest BCUT2D eigenvalue weighted by atomic mass is 10.1. The maximum absolute atomic E-state index is 12.8. The predicted octanol–water partition coefficient (Wildman–Crippen LogP) is 3.43. The van der Waals surface area contributed by atoms with E-state index >= 15 is 0 Å². The summed E-state index contributed by atoms with van der Waals surface area (Å²) in [5.74, 6) is -0.940. The van der Waals surface area contributed by atoms with Crippen LogP contribution in [0, 0.1) is 0 Å². The van der Waals surface area contributed by atoms with Gasteiger partial charge in [-0.15, -0.1) is 0 Å². The van der Waals surface area contributed by atoms with E-state index in [9.17, 15) is 9.59 Å². The molecule has 0 unspecified atom stereocenters. The monoisotopic (exact) mass is 375 g/mol. The topological polar surface area (TPSA) is 62.3 Å². The molecule has 0 bridgehead atoms. The Labute approximate surface area is 143 Å². The van der Waals surface area contributed by atoms with Gasteiger partial charge in [0.2, 0.25) is 0 Å². The van der Waals surface area contributed by atoms with Crippen molar-refractivity contribution in [3.63, 3.8) is 0 Å². The standard InChI is InChI=1S/C17H18BrN3O2/c1-17(2,3)20-21(16(23)14-10-6-7-11-19-14)15(22)12-8-4-5-9-13(12)18/h4-11,20H,1-3H3. The van der Waals surface area contributed by atoms with E-state index in [0.717, 1.165) is 5.01 Å². The highest BCUT2D eigenvalue weighted by atomic mass is 79.9. The number of carbonyl (C=O) groups excluding carboxylic acids is 2. The third-order valence-corrected chi connectivity index (χ3v) is 3.53. The van der Waals surface area contributed by atoms with Gasteiger partial charge in [-0.1, -0.05) is 18.2 Å². The van der Waals surface area contributed by atoms with Gasteiger partial charge in [0.05, 0.1) is 5.56 Å². The quantitative estimate of drug-likeness (QED) is 0.659. The lowest BCUT2D eigenvalue weighted by Gasteiger charge is -2.30. The third-order valence-electron chi connectivity index (χ3n) is 2.84. The fourth-order valence-corrected chi connectivity index (χ4v) is 2.34. The van der Waals surface area contributed by atoms with Gasteiger partial charge in [-0.25, -0.2) is 10.4 Å². The number of halogens is 1. The first-order chi connectivity index (χ1) is 10.8. The molecule has 6 heteroatoms. The maximum Gasteiger partial charge on any atom is 0.293 e. The molecule has 120 valence electrons. The van der Waals surface area contributed by atoms with Crippen LogP contribution in [0.4, 0.5) is 0 Å². The molecule has 23 heavy (non-hydrogen) atoms. The summed E-state index contributed by atoms with van der Waals surface area (Å²) in [7, 11) is 0. The van der Waals surface area contributed by atoms with Crippen LogP contribution in [-0.4, -0.2) is 27.3 Å². The van der Waals surface area contributed by atoms with E-state index in [1.807, 2.05) is 26.8 Å². The Bertz CT molecular complexity index is 711. The first-order valence-electron chi connectivity index (χ1n) is 7.12. The minimum atomic E-state index is -0.499. The molecule has 1 aromatic heterocycles. The number of carbonyl (C=O) groups is 2. The first-order valence-corrected chi connectivity index (χ1v) is 7.91. The summed E-state index contributed by atoms with van der Waals surface area (Å²) in [5, 5.41) is 1.02. The summed E-state index contributed by atoms with van der Waals surface area (Å²) in [6, 6.07) is 12.0. The molecule has 1 N–H and O–H groups in total. The van der Waals surface area contributed by atoms with Crippen molar-refractivity contribution in [3.05, 3.63) is 64.4 Å². The Kier molecular flexibility index (Phi) is 5.28. The molecular formula is C17H18BrN3O2. The second-order valence-corrected chi connectivity index (χ2v) is 6.86. The lowest BCUT2D eigenvalue weighted by Crippen LogP contribution is -2.55. The van der Waals surface area contributed by atoms with Crippen LogP contribution in [0.2, 0.25) is 0 Å². The molecule has 0 saturated carbocycles. The number of aromatic nitrogens is 1. The van der Waals surface area contributed by atoms with E-state index in [2.05, 4.69) is 26.3 Å². The highest BCUT2D eigenvalue weighted by Crippen LogP contribution is 2.19. The fourth-order valence-electron chi connectivity index (χ4n) is 1.89. The van der Waals surface area contributed by atoms with E-state index in [1.54, 1.807) is 36.4 Å². The van der Waals surface area contributed by atoms with Gasteiger partial charge >= 0.3 is 0 Å². The Morgan fingerprint density at radius 2 is 1.70 bits per heavy atom. The normalized spacial score (nSPS) is 11.1. The first kappa shape index (κ1) is 17.3. The third kappa shape index (κ3) is 4.46. The molecule has 2 rings (SSSR count). The van der Waals surface area contributed by atoms with E-state index in [1.165, 1.54) is 6.20 Å². The maximum atomic E-state index is 12.8. The lowest BCUT2D eigenvalue weighted by molar-refractivity contribution is 0.0448. The molecule has 2 amide bonds. The summed E-state index contributed by atoms with van der Waals surface area (Å²) in [4.78, 5) is 29.6. The summed E-state index contributed by atoms with van der Waals surface area (Å²) >= 11 is 3.35. The van der Waals surface area contributed by atoms with Crippen molar-refractivity contribution < 1.29 is 9.59 Å². The zero-order valence-corrected chi connectivity index (χ0v) is 14.8. The molecule has 0 spiro atoms. The van der Waals surface area contributed by atoms with E-state index in [-0.39, 0.29) is 5.69 Å². The number of hydrogen-bond donors (Lipinski definition) is 1. The van der Waals surface area contributed by atoms with Crippen molar-refractivity contribution in [2.45, 2.75) is 26.3 Å². The van der Waals surface area contributed by atoms with Crippen LogP contribution in [0.25, 0.3) is 0 Å². The summed E-state index contributed by atoms with van der Waals surface area (Å²) in [6.45, 7) is 5.62.